The number of hydrogen-bond donors (Lipinski definition) is 1. The van der Waals surface area contributed by atoms with Crippen LogP contribution in [0.3, 0.4) is 0 Å². The van der Waals surface area contributed by atoms with Crippen molar-refractivity contribution in [2.24, 2.45) is 5.92 Å². The summed E-state index contributed by atoms with van der Waals surface area (Å²) in [6.07, 6.45) is 2.88. The highest BCUT2D eigenvalue weighted by molar-refractivity contribution is 5.72. The maximum absolute atomic E-state index is 11.2. The van der Waals surface area contributed by atoms with E-state index in [1.54, 1.807) is 0 Å². The Kier molecular flexibility index (Phi) is 2.99. The Morgan fingerprint density at radius 2 is 2.06 bits per heavy atom. The fourth-order valence-electron chi connectivity index (χ4n) is 2.79. The van der Waals surface area contributed by atoms with Gasteiger partial charge in [0.05, 0.1) is 5.92 Å². The van der Waals surface area contributed by atoms with E-state index in [9.17, 15) is 9.90 Å². The Labute approximate surface area is 96.3 Å². The zero-order valence-electron chi connectivity index (χ0n) is 9.86. The smallest absolute Gasteiger partial charge is 0.307 e. The van der Waals surface area contributed by atoms with Crippen molar-refractivity contribution in [3.63, 3.8) is 0 Å². The van der Waals surface area contributed by atoms with Crippen molar-refractivity contribution in [2.45, 2.75) is 39.0 Å². The second-order valence-corrected chi connectivity index (χ2v) is 4.84. The molecular formula is C14H18O2. The maximum atomic E-state index is 11.2. The second kappa shape index (κ2) is 4.28. The van der Waals surface area contributed by atoms with Gasteiger partial charge in [-0.25, -0.2) is 0 Å². The Bertz CT molecular complexity index is 409. The summed E-state index contributed by atoms with van der Waals surface area (Å²) in [5.41, 5.74) is 3.69. The van der Waals surface area contributed by atoms with Crippen molar-refractivity contribution < 1.29 is 9.90 Å². The fourth-order valence-corrected chi connectivity index (χ4v) is 2.79. The van der Waals surface area contributed by atoms with Gasteiger partial charge >= 0.3 is 5.97 Å². The van der Waals surface area contributed by atoms with E-state index in [-0.39, 0.29) is 11.8 Å². The predicted octanol–water partition coefficient (Wildman–Crippen LogP) is 3.27. The summed E-state index contributed by atoms with van der Waals surface area (Å²) in [5.74, 6) is -0.596. The first-order chi connectivity index (χ1) is 7.59. The van der Waals surface area contributed by atoms with E-state index in [0.717, 1.165) is 19.3 Å². The Balaban J connectivity index is 2.35. The summed E-state index contributed by atoms with van der Waals surface area (Å²) < 4.78 is 0. The molecule has 1 aromatic rings. The zero-order chi connectivity index (χ0) is 11.7. The average molecular weight is 218 g/mol. The summed E-state index contributed by atoms with van der Waals surface area (Å²) in [5, 5.41) is 9.21. The molecule has 2 rings (SSSR count). The summed E-state index contributed by atoms with van der Waals surface area (Å²) in [4.78, 5) is 11.2. The molecule has 0 saturated heterocycles. The SMILES string of the molecule is Cc1ccc(C)c(C2CCCC2C(=O)O)c1. The fraction of sp³-hybridized carbons (Fsp3) is 0.500. The predicted molar refractivity (Wildman–Crippen MR) is 63.6 cm³/mol. The van der Waals surface area contributed by atoms with Crippen LogP contribution < -0.4 is 0 Å². The Morgan fingerprint density at radius 3 is 2.75 bits per heavy atom. The number of aryl methyl sites for hydroxylation is 2. The van der Waals surface area contributed by atoms with Gasteiger partial charge in [0.1, 0.15) is 0 Å². The van der Waals surface area contributed by atoms with Crippen LogP contribution in [0, 0.1) is 19.8 Å². The lowest BCUT2D eigenvalue weighted by atomic mass is 9.85. The molecule has 0 spiro atoms. The molecule has 0 amide bonds. The number of hydrogen-bond acceptors (Lipinski definition) is 1. The monoisotopic (exact) mass is 218 g/mol. The van der Waals surface area contributed by atoms with Crippen molar-refractivity contribution in [2.75, 3.05) is 0 Å². The number of carboxylic acids is 1. The quantitative estimate of drug-likeness (QED) is 0.827. The van der Waals surface area contributed by atoms with Crippen LogP contribution in [-0.4, -0.2) is 11.1 Å². The van der Waals surface area contributed by atoms with Gasteiger partial charge in [-0.15, -0.1) is 0 Å². The Hall–Kier alpha value is -1.31. The summed E-state index contributed by atoms with van der Waals surface area (Å²) >= 11 is 0. The molecule has 0 radical (unpaired) electrons. The lowest BCUT2D eigenvalue weighted by Gasteiger charge is -2.19. The van der Waals surface area contributed by atoms with E-state index in [4.69, 9.17) is 0 Å². The molecule has 86 valence electrons. The number of aliphatic carboxylic acids is 1. The molecule has 16 heavy (non-hydrogen) atoms. The third-order valence-corrected chi connectivity index (χ3v) is 3.67. The van der Waals surface area contributed by atoms with Gasteiger partial charge < -0.3 is 5.11 Å². The summed E-state index contributed by atoms with van der Waals surface area (Å²) in [6.45, 7) is 4.14. The van der Waals surface area contributed by atoms with Crippen molar-refractivity contribution in [1.82, 2.24) is 0 Å². The van der Waals surface area contributed by atoms with E-state index in [1.165, 1.54) is 16.7 Å². The van der Waals surface area contributed by atoms with Gasteiger partial charge in [-0.2, -0.15) is 0 Å². The average Bonchev–Trinajstić information content (AvgIpc) is 2.70. The Morgan fingerprint density at radius 1 is 1.31 bits per heavy atom. The van der Waals surface area contributed by atoms with E-state index in [1.807, 2.05) is 0 Å². The second-order valence-electron chi connectivity index (χ2n) is 4.84. The number of rotatable bonds is 2. The third kappa shape index (κ3) is 1.97. The molecule has 1 N–H and O–H groups in total. The standard InChI is InChI=1S/C14H18O2/c1-9-6-7-10(2)13(8-9)11-4-3-5-12(11)14(15)16/h6-8,11-12H,3-5H2,1-2H3,(H,15,16). The van der Waals surface area contributed by atoms with Crippen LogP contribution in [0.4, 0.5) is 0 Å². The zero-order valence-corrected chi connectivity index (χ0v) is 9.86. The van der Waals surface area contributed by atoms with Crippen LogP contribution in [0.5, 0.6) is 0 Å². The lowest BCUT2D eigenvalue weighted by Crippen LogP contribution is -2.17. The van der Waals surface area contributed by atoms with Gasteiger partial charge in [-0.3, -0.25) is 4.79 Å². The van der Waals surface area contributed by atoms with Gasteiger partial charge in [0.25, 0.3) is 0 Å². The van der Waals surface area contributed by atoms with Gasteiger partial charge in [-0.1, -0.05) is 30.2 Å². The molecule has 2 heteroatoms. The molecular weight excluding hydrogens is 200 g/mol. The number of carboxylic acid groups (broad SMARTS) is 1. The molecule has 2 unspecified atom stereocenters. The normalized spacial score (nSPS) is 24.6. The lowest BCUT2D eigenvalue weighted by molar-refractivity contribution is -0.142. The van der Waals surface area contributed by atoms with Crippen molar-refractivity contribution in [3.05, 3.63) is 34.9 Å². The summed E-state index contributed by atoms with van der Waals surface area (Å²) in [6, 6.07) is 6.34. The van der Waals surface area contributed by atoms with Crippen LogP contribution in [0.2, 0.25) is 0 Å². The van der Waals surface area contributed by atoms with Gasteiger partial charge in [0.15, 0.2) is 0 Å². The molecule has 1 saturated carbocycles. The summed E-state index contributed by atoms with van der Waals surface area (Å²) in [7, 11) is 0. The van der Waals surface area contributed by atoms with Crippen LogP contribution in [0.25, 0.3) is 0 Å². The first-order valence-electron chi connectivity index (χ1n) is 5.89. The van der Waals surface area contributed by atoms with Crippen LogP contribution >= 0.6 is 0 Å². The van der Waals surface area contributed by atoms with Crippen LogP contribution in [0.1, 0.15) is 41.9 Å². The van der Waals surface area contributed by atoms with E-state index >= 15 is 0 Å². The van der Waals surface area contributed by atoms with E-state index in [2.05, 4.69) is 32.0 Å². The minimum absolute atomic E-state index is 0.180. The highest BCUT2D eigenvalue weighted by atomic mass is 16.4. The molecule has 0 aromatic heterocycles. The highest BCUT2D eigenvalue weighted by Crippen LogP contribution is 2.41. The van der Waals surface area contributed by atoms with Crippen LogP contribution in [0.15, 0.2) is 18.2 Å². The van der Waals surface area contributed by atoms with Gasteiger partial charge in [0.2, 0.25) is 0 Å². The number of benzene rings is 1. The maximum Gasteiger partial charge on any atom is 0.307 e. The highest BCUT2D eigenvalue weighted by Gasteiger charge is 2.34. The van der Waals surface area contributed by atoms with E-state index < -0.39 is 5.97 Å². The molecule has 0 aliphatic heterocycles. The molecule has 1 aliphatic carbocycles. The van der Waals surface area contributed by atoms with E-state index in [0.29, 0.717) is 0 Å². The van der Waals surface area contributed by atoms with Crippen molar-refractivity contribution in [1.29, 1.82) is 0 Å². The molecule has 1 aliphatic rings. The minimum Gasteiger partial charge on any atom is -0.481 e. The molecule has 2 atom stereocenters. The number of carbonyl (C=O) groups is 1. The van der Waals surface area contributed by atoms with Crippen LogP contribution in [-0.2, 0) is 4.79 Å². The van der Waals surface area contributed by atoms with Crippen molar-refractivity contribution in [3.8, 4) is 0 Å². The van der Waals surface area contributed by atoms with Crippen molar-refractivity contribution >= 4 is 5.97 Å². The first kappa shape index (κ1) is 11.2. The molecule has 1 aromatic carbocycles. The molecule has 0 bridgehead atoms. The van der Waals surface area contributed by atoms with Gasteiger partial charge in [-0.05, 0) is 43.7 Å². The first-order valence-corrected chi connectivity index (χ1v) is 5.89. The largest absolute Gasteiger partial charge is 0.481 e. The molecule has 2 nitrogen and oxygen atoms in total. The molecule has 0 heterocycles. The molecule has 1 fully saturated rings. The topological polar surface area (TPSA) is 37.3 Å². The minimum atomic E-state index is -0.636. The van der Waals surface area contributed by atoms with Gasteiger partial charge in [0, 0.05) is 0 Å². The third-order valence-electron chi connectivity index (χ3n) is 3.67.